The van der Waals surface area contributed by atoms with Crippen molar-refractivity contribution in [3.63, 3.8) is 0 Å². The first-order valence-corrected chi connectivity index (χ1v) is 7.52. The average Bonchev–Trinajstić information content (AvgIpc) is 2.72. The predicted octanol–water partition coefficient (Wildman–Crippen LogP) is 4.70. The molecule has 1 atom stereocenters. The highest BCUT2D eigenvalue weighted by Crippen LogP contribution is 2.32. The normalized spacial score (nSPS) is 16.5. The molecule has 0 saturated carbocycles. The summed E-state index contributed by atoms with van der Waals surface area (Å²) in [4.78, 5) is 0. The summed E-state index contributed by atoms with van der Waals surface area (Å²) < 4.78 is 0. The number of hydrogen-bond donors (Lipinski definition) is 0. The summed E-state index contributed by atoms with van der Waals surface area (Å²) in [5.74, 6) is 1.45. The number of alkyl halides is 1. The molecular formula is C15H21Br. The van der Waals surface area contributed by atoms with Crippen LogP contribution in [0.2, 0.25) is 0 Å². The highest BCUT2D eigenvalue weighted by atomic mass is 79.9. The Morgan fingerprint density at radius 1 is 1.19 bits per heavy atom. The molecule has 0 fully saturated rings. The molecule has 2 rings (SSSR count). The molecule has 16 heavy (non-hydrogen) atoms. The van der Waals surface area contributed by atoms with Gasteiger partial charge in [0.2, 0.25) is 0 Å². The molecule has 1 heteroatoms. The van der Waals surface area contributed by atoms with E-state index in [1.54, 1.807) is 16.7 Å². The van der Waals surface area contributed by atoms with Crippen LogP contribution in [0.1, 0.15) is 49.3 Å². The summed E-state index contributed by atoms with van der Waals surface area (Å²) in [5, 5.41) is 1.10. The van der Waals surface area contributed by atoms with Crippen LogP contribution in [0.25, 0.3) is 0 Å². The zero-order chi connectivity index (χ0) is 11.5. The first-order chi connectivity index (χ1) is 7.72. The second-order valence-electron chi connectivity index (χ2n) is 5.21. The van der Waals surface area contributed by atoms with E-state index in [1.165, 1.54) is 25.7 Å². The first kappa shape index (κ1) is 12.2. The molecule has 0 N–H and O–H groups in total. The van der Waals surface area contributed by atoms with Crippen molar-refractivity contribution in [2.45, 2.75) is 45.4 Å². The van der Waals surface area contributed by atoms with Crippen molar-refractivity contribution in [1.82, 2.24) is 0 Å². The van der Waals surface area contributed by atoms with Crippen molar-refractivity contribution < 1.29 is 0 Å². The van der Waals surface area contributed by atoms with Gasteiger partial charge in [-0.1, -0.05) is 48.0 Å². The maximum atomic E-state index is 3.58. The van der Waals surface area contributed by atoms with Crippen LogP contribution < -0.4 is 0 Å². The minimum atomic E-state index is 0.713. The molecule has 1 aliphatic carbocycles. The third-order valence-corrected chi connectivity index (χ3v) is 4.23. The number of hydrogen-bond acceptors (Lipinski definition) is 0. The van der Waals surface area contributed by atoms with Crippen LogP contribution in [0.15, 0.2) is 18.2 Å². The second kappa shape index (κ2) is 5.35. The lowest BCUT2D eigenvalue weighted by Crippen LogP contribution is -2.08. The van der Waals surface area contributed by atoms with Crippen LogP contribution in [0.3, 0.4) is 0 Å². The van der Waals surface area contributed by atoms with Gasteiger partial charge >= 0.3 is 0 Å². The molecule has 0 spiro atoms. The summed E-state index contributed by atoms with van der Waals surface area (Å²) in [6.45, 7) is 4.67. The number of halogens is 1. The Hall–Kier alpha value is -0.300. The van der Waals surface area contributed by atoms with Crippen molar-refractivity contribution >= 4 is 15.9 Å². The molecule has 0 radical (unpaired) electrons. The lowest BCUT2D eigenvalue weighted by atomic mass is 9.85. The Morgan fingerprint density at radius 2 is 1.94 bits per heavy atom. The summed E-state index contributed by atoms with van der Waals surface area (Å²) in [6, 6.07) is 7.19. The first-order valence-electron chi connectivity index (χ1n) is 6.40. The van der Waals surface area contributed by atoms with E-state index in [-0.39, 0.29) is 0 Å². The minimum absolute atomic E-state index is 0.713. The van der Waals surface area contributed by atoms with E-state index >= 15 is 0 Å². The van der Waals surface area contributed by atoms with Gasteiger partial charge in [-0.2, -0.15) is 0 Å². The van der Waals surface area contributed by atoms with Crippen molar-refractivity contribution in [1.29, 1.82) is 0 Å². The highest BCUT2D eigenvalue weighted by molar-refractivity contribution is 9.09. The zero-order valence-corrected chi connectivity index (χ0v) is 11.9. The monoisotopic (exact) mass is 280 g/mol. The van der Waals surface area contributed by atoms with E-state index in [0.717, 1.165) is 11.2 Å². The van der Waals surface area contributed by atoms with Gasteiger partial charge in [0.05, 0.1) is 0 Å². The molecule has 0 aromatic heterocycles. The largest absolute Gasteiger partial charge is 0.0928 e. The third-order valence-electron chi connectivity index (χ3n) is 3.78. The lowest BCUT2D eigenvalue weighted by Gasteiger charge is -2.21. The third kappa shape index (κ3) is 2.51. The van der Waals surface area contributed by atoms with Crippen LogP contribution >= 0.6 is 15.9 Å². The number of aryl methyl sites for hydroxylation is 2. The Kier molecular flexibility index (Phi) is 4.07. The van der Waals surface area contributed by atoms with Gasteiger partial charge < -0.3 is 0 Å². The lowest BCUT2D eigenvalue weighted by molar-refractivity contribution is 0.489. The van der Waals surface area contributed by atoms with Crippen molar-refractivity contribution in [2.24, 2.45) is 5.92 Å². The average molecular weight is 281 g/mol. The fourth-order valence-electron chi connectivity index (χ4n) is 2.82. The number of rotatable bonds is 4. The molecule has 1 aromatic rings. The second-order valence-corrected chi connectivity index (χ2v) is 6.00. The van der Waals surface area contributed by atoms with Gasteiger partial charge in [0.1, 0.15) is 0 Å². The van der Waals surface area contributed by atoms with Crippen LogP contribution in [-0.2, 0) is 12.8 Å². The van der Waals surface area contributed by atoms with Gasteiger partial charge in [0.15, 0.2) is 0 Å². The molecule has 0 saturated heterocycles. The Labute approximate surface area is 108 Å². The zero-order valence-electron chi connectivity index (χ0n) is 10.3. The SMILES string of the molecule is CC(C)C(CCBr)c1ccc2c(c1)CCC2. The standard InChI is InChI=1S/C15H21Br/c1-11(2)15(8-9-16)14-7-6-12-4-3-5-13(12)10-14/h6-7,10-11,15H,3-5,8-9H2,1-2H3. The van der Waals surface area contributed by atoms with Gasteiger partial charge in [0, 0.05) is 5.33 Å². The van der Waals surface area contributed by atoms with E-state index in [1.807, 2.05) is 0 Å². The van der Waals surface area contributed by atoms with E-state index in [0.29, 0.717) is 5.92 Å². The van der Waals surface area contributed by atoms with Crippen LogP contribution in [-0.4, -0.2) is 5.33 Å². The molecule has 0 heterocycles. The maximum absolute atomic E-state index is 3.58. The number of fused-ring (bicyclic) bond motifs is 1. The van der Waals surface area contributed by atoms with Gasteiger partial charge in [-0.3, -0.25) is 0 Å². The fraction of sp³-hybridized carbons (Fsp3) is 0.600. The van der Waals surface area contributed by atoms with Crippen molar-refractivity contribution in [3.8, 4) is 0 Å². The molecule has 0 aliphatic heterocycles. The predicted molar refractivity (Wildman–Crippen MR) is 74.5 cm³/mol. The van der Waals surface area contributed by atoms with E-state index in [9.17, 15) is 0 Å². The number of benzene rings is 1. The highest BCUT2D eigenvalue weighted by Gasteiger charge is 2.18. The Morgan fingerprint density at radius 3 is 2.62 bits per heavy atom. The summed E-state index contributed by atoms with van der Waals surface area (Å²) >= 11 is 3.58. The smallest absolute Gasteiger partial charge is 0.00372 e. The van der Waals surface area contributed by atoms with Crippen molar-refractivity contribution in [3.05, 3.63) is 34.9 Å². The molecule has 1 unspecified atom stereocenters. The molecule has 0 amide bonds. The topological polar surface area (TPSA) is 0 Å². The van der Waals surface area contributed by atoms with Gasteiger partial charge in [0.25, 0.3) is 0 Å². The summed E-state index contributed by atoms with van der Waals surface area (Å²) in [5.41, 5.74) is 4.75. The molecule has 1 aromatic carbocycles. The van der Waals surface area contributed by atoms with E-state index in [4.69, 9.17) is 0 Å². The molecule has 0 nitrogen and oxygen atoms in total. The van der Waals surface area contributed by atoms with Crippen molar-refractivity contribution in [2.75, 3.05) is 5.33 Å². The molecule has 1 aliphatic rings. The van der Waals surface area contributed by atoms with E-state index in [2.05, 4.69) is 48.0 Å². The summed E-state index contributed by atoms with van der Waals surface area (Å²) in [7, 11) is 0. The van der Waals surface area contributed by atoms with Crippen LogP contribution in [0.5, 0.6) is 0 Å². The molecule has 0 bridgehead atoms. The summed E-state index contributed by atoms with van der Waals surface area (Å²) in [6.07, 6.45) is 5.18. The Bertz CT molecular complexity index is 354. The van der Waals surface area contributed by atoms with Gasteiger partial charge in [-0.05, 0) is 54.2 Å². The fourth-order valence-corrected chi connectivity index (χ4v) is 3.32. The molecular weight excluding hydrogens is 260 g/mol. The Balaban J connectivity index is 2.24. The van der Waals surface area contributed by atoms with Crippen LogP contribution in [0.4, 0.5) is 0 Å². The van der Waals surface area contributed by atoms with Gasteiger partial charge in [-0.25, -0.2) is 0 Å². The minimum Gasteiger partial charge on any atom is -0.0928 e. The maximum Gasteiger partial charge on any atom is 0.00372 e. The quantitative estimate of drug-likeness (QED) is 0.702. The van der Waals surface area contributed by atoms with Gasteiger partial charge in [-0.15, -0.1) is 0 Å². The molecule has 88 valence electrons. The van der Waals surface area contributed by atoms with E-state index < -0.39 is 0 Å². The van der Waals surface area contributed by atoms with Crippen LogP contribution in [0, 0.1) is 5.92 Å².